The fourth-order valence-corrected chi connectivity index (χ4v) is 9.44. The number of hydrogen-bond donors (Lipinski definition) is 3. The molecule has 2 aromatic carbocycles. The van der Waals surface area contributed by atoms with Crippen molar-refractivity contribution in [2.24, 2.45) is 0 Å². The minimum atomic E-state index is -0.969. The maximum absolute atomic E-state index is 12.9. The summed E-state index contributed by atoms with van der Waals surface area (Å²) >= 11 is 0. The van der Waals surface area contributed by atoms with Crippen molar-refractivity contribution in [1.29, 1.82) is 5.26 Å². The molecule has 230 valence electrons. The van der Waals surface area contributed by atoms with E-state index < -0.39 is 28.6 Å². The van der Waals surface area contributed by atoms with Gasteiger partial charge in [-0.2, -0.15) is 5.26 Å². The number of nitrogen functional groups attached to an aromatic ring is 1. The van der Waals surface area contributed by atoms with Gasteiger partial charge in [0.1, 0.15) is 11.8 Å². The molecule has 0 bridgehead atoms. The zero-order valence-electron chi connectivity index (χ0n) is 25.4. The Labute approximate surface area is 254 Å². The first kappa shape index (κ1) is 27.3. The van der Waals surface area contributed by atoms with Crippen LogP contribution in [-0.2, 0) is 27.1 Å². The summed E-state index contributed by atoms with van der Waals surface area (Å²) in [6.45, 7) is 7.36. The van der Waals surface area contributed by atoms with Crippen molar-refractivity contribution in [1.82, 2.24) is 15.1 Å². The Balaban J connectivity index is 1.39. The molecule has 5 heterocycles. The van der Waals surface area contributed by atoms with E-state index in [2.05, 4.69) is 21.2 Å². The molecule has 2 saturated heterocycles. The summed E-state index contributed by atoms with van der Waals surface area (Å²) in [6, 6.07) is 3.37. The number of fused-ring (bicyclic) bond motifs is 7. The SMILES string of the molecule is CCCC(=O)NCC1(C)c2c(c(OC(C)=O)c(C)c3c2OCO3)CC2[C@H]3c4c(cc(N)c(OC)c4O)[C@]45CC4([C@H](C#N)N21)N35. The third-order valence-electron chi connectivity index (χ3n) is 11.0. The number of anilines is 1. The predicted octanol–water partition coefficient (Wildman–Crippen LogP) is 2.62. The summed E-state index contributed by atoms with van der Waals surface area (Å²) in [5.74, 6) is 1.11. The average molecular weight is 602 g/mol. The number of esters is 1. The second kappa shape index (κ2) is 8.49. The topological polar surface area (TPSA) is 159 Å². The molecule has 4 N–H and O–H groups in total. The number of nitrogens with two attached hydrogens (primary N) is 1. The lowest BCUT2D eigenvalue weighted by molar-refractivity contribution is -0.132. The van der Waals surface area contributed by atoms with Gasteiger partial charge in [0.15, 0.2) is 23.0 Å². The van der Waals surface area contributed by atoms with Crippen LogP contribution in [0.1, 0.15) is 73.9 Å². The largest absolute Gasteiger partial charge is 0.504 e. The lowest BCUT2D eigenvalue weighted by atomic mass is 9.71. The Hall–Kier alpha value is -4.21. The highest BCUT2D eigenvalue weighted by atomic mass is 16.7. The van der Waals surface area contributed by atoms with Crippen molar-refractivity contribution in [2.75, 3.05) is 26.2 Å². The molecule has 0 radical (unpaired) electrons. The van der Waals surface area contributed by atoms with Crippen LogP contribution in [0.25, 0.3) is 0 Å². The van der Waals surface area contributed by atoms with Crippen LogP contribution in [0.15, 0.2) is 6.07 Å². The molecular formula is C32H35N5O7. The van der Waals surface area contributed by atoms with Gasteiger partial charge in [0.05, 0.1) is 41.5 Å². The second-order valence-corrected chi connectivity index (χ2v) is 13.1. The summed E-state index contributed by atoms with van der Waals surface area (Å²) in [5.41, 5.74) is 8.75. The molecule has 5 aliphatic heterocycles. The first-order valence-electron chi connectivity index (χ1n) is 15.1. The number of carbonyl (C=O) groups excluding carboxylic acids is 2. The summed E-state index contributed by atoms with van der Waals surface area (Å²) in [6.07, 6.45) is 2.21. The fourth-order valence-electron chi connectivity index (χ4n) is 9.44. The van der Waals surface area contributed by atoms with Crippen molar-refractivity contribution in [2.45, 2.75) is 88.1 Å². The molecular weight excluding hydrogens is 566 g/mol. The number of nitrogens with one attached hydrogen (secondary N) is 1. The van der Waals surface area contributed by atoms with E-state index in [0.717, 1.165) is 28.7 Å². The lowest BCUT2D eigenvalue weighted by Gasteiger charge is -2.58. The Morgan fingerprint density at radius 2 is 2.05 bits per heavy atom. The van der Waals surface area contributed by atoms with Gasteiger partial charge in [0.2, 0.25) is 12.7 Å². The number of amides is 1. The molecule has 3 fully saturated rings. The summed E-state index contributed by atoms with van der Waals surface area (Å²) in [4.78, 5) is 30.0. The van der Waals surface area contributed by atoms with Crippen LogP contribution in [0, 0.1) is 18.3 Å². The van der Waals surface area contributed by atoms with E-state index in [1.807, 2.05) is 26.8 Å². The zero-order valence-corrected chi connectivity index (χ0v) is 25.4. The highest BCUT2D eigenvalue weighted by molar-refractivity contribution is 5.79. The van der Waals surface area contributed by atoms with Crippen molar-refractivity contribution in [3.63, 3.8) is 0 Å². The number of nitrogens with zero attached hydrogens (tertiary/aromatic N) is 3. The van der Waals surface area contributed by atoms with Gasteiger partial charge in [-0.3, -0.25) is 19.4 Å². The van der Waals surface area contributed by atoms with Gasteiger partial charge in [-0.05, 0) is 44.7 Å². The van der Waals surface area contributed by atoms with Crippen molar-refractivity contribution >= 4 is 17.6 Å². The quantitative estimate of drug-likeness (QED) is 0.193. The number of benzene rings is 2. The van der Waals surface area contributed by atoms with Crippen LogP contribution < -0.4 is 30.0 Å². The number of nitriles is 1. The molecule has 12 heteroatoms. The summed E-state index contributed by atoms with van der Waals surface area (Å²) < 4.78 is 23.5. The molecule has 1 aliphatic carbocycles. The molecule has 6 aliphatic rings. The van der Waals surface area contributed by atoms with Crippen LogP contribution in [0.5, 0.6) is 28.7 Å². The normalized spacial score (nSPS) is 34.0. The number of ether oxygens (including phenoxy) is 4. The Morgan fingerprint density at radius 3 is 2.73 bits per heavy atom. The molecule has 12 nitrogen and oxygen atoms in total. The van der Waals surface area contributed by atoms with Gasteiger partial charge < -0.3 is 35.1 Å². The van der Waals surface area contributed by atoms with E-state index in [1.54, 1.807) is 0 Å². The number of phenols is 1. The molecule has 8 rings (SSSR count). The van der Waals surface area contributed by atoms with E-state index in [0.29, 0.717) is 47.8 Å². The van der Waals surface area contributed by atoms with Crippen LogP contribution in [0.4, 0.5) is 5.69 Å². The first-order valence-corrected chi connectivity index (χ1v) is 15.1. The van der Waals surface area contributed by atoms with Crippen molar-refractivity contribution < 1.29 is 33.6 Å². The molecule has 44 heavy (non-hydrogen) atoms. The Kier molecular flexibility index (Phi) is 5.27. The van der Waals surface area contributed by atoms with Gasteiger partial charge in [-0.15, -0.1) is 0 Å². The number of piperazine rings is 1. The molecule has 1 saturated carbocycles. The van der Waals surface area contributed by atoms with Gasteiger partial charge in [0.25, 0.3) is 0 Å². The third kappa shape index (κ3) is 2.86. The summed E-state index contributed by atoms with van der Waals surface area (Å²) in [7, 11) is 1.48. The monoisotopic (exact) mass is 601 g/mol. The first-order chi connectivity index (χ1) is 21.0. The zero-order chi connectivity index (χ0) is 31.1. The van der Waals surface area contributed by atoms with Crippen LogP contribution in [-0.4, -0.2) is 64.9 Å². The Bertz CT molecular complexity index is 1750. The number of aromatic hydroxyl groups is 1. The molecule has 0 aromatic heterocycles. The van der Waals surface area contributed by atoms with E-state index in [1.165, 1.54) is 14.0 Å². The van der Waals surface area contributed by atoms with E-state index in [9.17, 15) is 20.0 Å². The fraction of sp³-hybridized carbons (Fsp3) is 0.531. The van der Waals surface area contributed by atoms with Crippen molar-refractivity contribution in [3.05, 3.63) is 33.9 Å². The lowest BCUT2D eigenvalue weighted by Crippen LogP contribution is -2.69. The van der Waals surface area contributed by atoms with Crippen LogP contribution >= 0.6 is 0 Å². The smallest absolute Gasteiger partial charge is 0.308 e. The average Bonchev–Trinajstić information content (AvgIpc) is 3.64. The number of methoxy groups -OCH3 is 1. The number of hydrogen-bond acceptors (Lipinski definition) is 11. The maximum atomic E-state index is 12.9. The summed E-state index contributed by atoms with van der Waals surface area (Å²) in [5, 5.41) is 25.7. The third-order valence-corrected chi connectivity index (χ3v) is 11.0. The van der Waals surface area contributed by atoms with E-state index in [-0.39, 0.29) is 42.8 Å². The Morgan fingerprint density at radius 1 is 1.30 bits per heavy atom. The molecule has 7 atom stereocenters. The second-order valence-electron chi connectivity index (χ2n) is 13.1. The number of phenolic OH excluding ortho intramolecular Hbond substituents is 1. The van der Waals surface area contributed by atoms with Crippen molar-refractivity contribution in [3.8, 4) is 34.8 Å². The number of rotatable bonds is 6. The molecule has 2 aromatic rings. The highest BCUT2D eigenvalue weighted by Crippen LogP contribution is 2.90. The highest BCUT2D eigenvalue weighted by Gasteiger charge is 3.00. The van der Waals surface area contributed by atoms with Gasteiger partial charge >= 0.3 is 5.97 Å². The minimum Gasteiger partial charge on any atom is -0.504 e. The molecule has 1 amide bonds. The minimum absolute atomic E-state index is 0.00142. The van der Waals surface area contributed by atoms with E-state index >= 15 is 0 Å². The van der Waals surface area contributed by atoms with E-state index in [4.69, 9.17) is 24.7 Å². The molecule has 4 unspecified atom stereocenters. The van der Waals surface area contributed by atoms with Gasteiger partial charge in [-0.1, -0.05) is 6.92 Å². The maximum Gasteiger partial charge on any atom is 0.308 e. The van der Waals surface area contributed by atoms with Gasteiger partial charge in [-0.25, -0.2) is 0 Å². The number of carbonyl (C=O) groups is 2. The van der Waals surface area contributed by atoms with Crippen LogP contribution in [0.3, 0.4) is 0 Å². The van der Waals surface area contributed by atoms with Crippen LogP contribution in [0.2, 0.25) is 0 Å². The molecule has 2 spiro atoms. The predicted molar refractivity (Wildman–Crippen MR) is 155 cm³/mol. The standard InChI is InChI=1S/C32H35N5O7/c1-6-7-21(39)35-12-30(4)23-16(26(44-15(3)38)14(2)27-29(23)43-13-42-27)8-19-24-22-17(9-18(34)28(41-5)25(22)40)31-11-32(31,37(24)31)20(10-33)36(19)30/h9,19-20,24,40H,6-8,11-13,34H2,1-5H3,(H,35,39)/t19?,20-,24-,30?,31+,32?,37?/m0/s1. The van der Waals surface area contributed by atoms with Gasteiger partial charge in [0, 0.05) is 48.2 Å².